The Morgan fingerprint density at radius 2 is 1.73 bits per heavy atom. The first kappa shape index (κ1) is 16.4. The lowest BCUT2D eigenvalue weighted by Gasteiger charge is -2.22. The summed E-state index contributed by atoms with van der Waals surface area (Å²) in [5, 5.41) is 9.56. The first-order valence-electron chi connectivity index (χ1n) is 8.29. The SMILES string of the molecule is Cc1ccc(N2N=N[C@@H]3C(=O)N(c4ccc(C)c(F)c4)C(=O)[C@H]32)c(C)c1. The number of hydrogen-bond donors (Lipinski definition) is 0. The van der Waals surface area contributed by atoms with Gasteiger partial charge in [0.15, 0.2) is 12.1 Å². The third-order valence-electron chi connectivity index (χ3n) is 4.79. The first-order chi connectivity index (χ1) is 12.4. The van der Waals surface area contributed by atoms with E-state index in [-0.39, 0.29) is 5.69 Å². The summed E-state index contributed by atoms with van der Waals surface area (Å²) in [6, 6.07) is 8.31. The molecule has 2 atom stereocenters. The largest absolute Gasteiger partial charge is 0.271 e. The van der Waals surface area contributed by atoms with Gasteiger partial charge in [0.2, 0.25) is 0 Å². The second kappa shape index (κ2) is 5.72. The monoisotopic (exact) mass is 352 g/mol. The number of aryl methyl sites for hydroxylation is 3. The van der Waals surface area contributed by atoms with Crippen molar-refractivity contribution in [1.82, 2.24) is 0 Å². The zero-order valence-electron chi connectivity index (χ0n) is 14.6. The molecule has 6 nitrogen and oxygen atoms in total. The van der Waals surface area contributed by atoms with Crippen LogP contribution < -0.4 is 9.91 Å². The fourth-order valence-electron chi connectivity index (χ4n) is 3.40. The zero-order valence-corrected chi connectivity index (χ0v) is 14.6. The minimum atomic E-state index is -0.910. The third kappa shape index (κ3) is 2.31. The Morgan fingerprint density at radius 3 is 2.42 bits per heavy atom. The Bertz CT molecular complexity index is 972. The number of halogens is 1. The molecule has 2 aliphatic rings. The highest BCUT2D eigenvalue weighted by Crippen LogP contribution is 2.36. The summed E-state index contributed by atoms with van der Waals surface area (Å²) in [7, 11) is 0. The van der Waals surface area contributed by atoms with E-state index in [1.165, 1.54) is 11.1 Å². The lowest BCUT2D eigenvalue weighted by molar-refractivity contribution is -0.121. The molecule has 0 N–H and O–H groups in total. The van der Waals surface area contributed by atoms with Gasteiger partial charge in [-0.15, -0.1) is 0 Å². The molecule has 4 rings (SSSR count). The van der Waals surface area contributed by atoms with Crippen molar-refractivity contribution < 1.29 is 14.0 Å². The molecule has 0 spiro atoms. The molecule has 2 heterocycles. The summed E-state index contributed by atoms with van der Waals surface area (Å²) >= 11 is 0. The van der Waals surface area contributed by atoms with Gasteiger partial charge in [0.05, 0.1) is 11.4 Å². The van der Waals surface area contributed by atoms with Crippen LogP contribution in [0.25, 0.3) is 0 Å². The summed E-state index contributed by atoms with van der Waals surface area (Å²) in [4.78, 5) is 26.7. The highest BCUT2D eigenvalue weighted by atomic mass is 19.1. The molecule has 0 aromatic heterocycles. The van der Waals surface area contributed by atoms with E-state index in [4.69, 9.17) is 0 Å². The highest BCUT2D eigenvalue weighted by Gasteiger charge is 2.55. The standard InChI is InChI=1S/C19H17FN4O2/c1-10-4-7-15(12(3)8-10)24-17-16(21-22-24)18(25)23(19(17)26)13-6-5-11(2)14(20)9-13/h4-9,16-17H,1-3H3/t16-,17-/m0/s1. The van der Waals surface area contributed by atoms with Gasteiger partial charge in [-0.3, -0.25) is 9.59 Å². The average molecular weight is 352 g/mol. The molecule has 0 saturated carbocycles. The van der Waals surface area contributed by atoms with Gasteiger partial charge in [-0.2, -0.15) is 5.11 Å². The van der Waals surface area contributed by atoms with Crippen molar-refractivity contribution in [1.29, 1.82) is 0 Å². The first-order valence-corrected chi connectivity index (χ1v) is 8.29. The van der Waals surface area contributed by atoms with Crippen molar-refractivity contribution >= 4 is 23.2 Å². The molecule has 7 heteroatoms. The zero-order chi connectivity index (χ0) is 18.6. The molecule has 1 saturated heterocycles. The number of imide groups is 1. The van der Waals surface area contributed by atoms with E-state index in [9.17, 15) is 14.0 Å². The van der Waals surface area contributed by atoms with Gasteiger partial charge in [-0.25, -0.2) is 14.3 Å². The van der Waals surface area contributed by atoms with Gasteiger partial charge in [0.25, 0.3) is 11.8 Å². The van der Waals surface area contributed by atoms with E-state index in [1.807, 2.05) is 32.0 Å². The minimum Gasteiger partial charge on any atom is -0.271 e. The number of benzene rings is 2. The molecule has 2 aromatic rings. The van der Waals surface area contributed by atoms with Gasteiger partial charge in [-0.05, 0) is 50.1 Å². The van der Waals surface area contributed by atoms with Gasteiger partial charge in [-0.1, -0.05) is 29.0 Å². The number of fused-ring (bicyclic) bond motifs is 1. The van der Waals surface area contributed by atoms with E-state index in [0.29, 0.717) is 5.56 Å². The summed E-state index contributed by atoms with van der Waals surface area (Å²) < 4.78 is 13.9. The molecule has 132 valence electrons. The fourth-order valence-corrected chi connectivity index (χ4v) is 3.40. The molecule has 0 aliphatic carbocycles. The van der Waals surface area contributed by atoms with Crippen LogP contribution in [-0.2, 0) is 9.59 Å². The van der Waals surface area contributed by atoms with Crippen LogP contribution in [0.15, 0.2) is 46.7 Å². The summed E-state index contributed by atoms with van der Waals surface area (Å²) in [6.07, 6.45) is 0. The van der Waals surface area contributed by atoms with Gasteiger partial charge >= 0.3 is 0 Å². The van der Waals surface area contributed by atoms with Crippen molar-refractivity contribution in [2.24, 2.45) is 10.3 Å². The van der Waals surface area contributed by atoms with E-state index >= 15 is 0 Å². The number of hydrogen-bond acceptors (Lipinski definition) is 5. The molecule has 1 fully saturated rings. The number of carbonyl (C=O) groups excluding carboxylic acids is 2. The Kier molecular flexibility index (Phi) is 3.61. The molecule has 2 amide bonds. The molecule has 26 heavy (non-hydrogen) atoms. The number of amides is 2. The maximum atomic E-state index is 13.9. The van der Waals surface area contributed by atoms with Crippen LogP contribution in [0, 0.1) is 26.6 Å². The molecule has 0 radical (unpaired) electrons. The second-order valence-corrected chi connectivity index (χ2v) is 6.67. The summed E-state index contributed by atoms with van der Waals surface area (Å²) in [5.41, 5.74) is 3.41. The second-order valence-electron chi connectivity index (χ2n) is 6.67. The fraction of sp³-hybridized carbons (Fsp3) is 0.263. The van der Waals surface area contributed by atoms with Crippen molar-refractivity contribution in [3.63, 3.8) is 0 Å². The predicted octanol–water partition coefficient (Wildman–Crippen LogP) is 3.25. The van der Waals surface area contributed by atoms with Crippen LogP contribution in [0.1, 0.15) is 16.7 Å². The van der Waals surface area contributed by atoms with Gasteiger partial charge in [0.1, 0.15) is 5.82 Å². The molecule has 2 aromatic carbocycles. The van der Waals surface area contributed by atoms with Crippen LogP contribution in [0.4, 0.5) is 15.8 Å². The maximum absolute atomic E-state index is 13.9. The molecule has 2 aliphatic heterocycles. The van der Waals surface area contributed by atoms with E-state index < -0.39 is 29.7 Å². The van der Waals surface area contributed by atoms with Crippen molar-refractivity contribution in [2.45, 2.75) is 32.9 Å². The Balaban J connectivity index is 1.72. The number of anilines is 2. The summed E-state index contributed by atoms with van der Waals surface area (Å²) in [6.45, 7) is 5.51. The Labute approximate surface area is 149 Å². The normalized spacial score (nSPS) is 21.7. The molecular formula is C19H17FN4O2. The Hall–Kier alpha value is -3.09. The summed E-state index contributed by atoms with van der Waals surface area (Å²) in [5.74, 6) is -1.40. The number of nitrogens with zero attached hydrogens (tertiary/aromatic N) is 4. The van der Waals surface area contributed by atoms with Crippen molar-refractivity contribution in [2.75, 3.05) is 9.91 Å². The van der Waals surface area contributed by atoms with Crippen LogP contribution in [0.3, 0.4) is 0 Å². The van der Waals surface area contributed by atoms with Crippen LogP contribution in [-0.4, -0.2) is 23.9 Å². The molecular weight excluding hydrogens is 335 g/mol. The maximum Gasteiger partial charge on any atom is 0.263 e. The quantitative estimate of drug-likeness (QED) is 0.780. The van der Waals surface area contributed by atoms with Gasteiger partial charge < -0.3 is 0 Å². The van der Waals surface area contributed by atoms with Crippen molar-refractivity contribution in [3.8, 4) is 0 Å². The Morgan fingerprint density at radius 1 is 0.962 bits per heavy atom. The third-order valence-corrected chi connectivity index (χ3v) is 4.79. The van der Waals surface area contributed by atoms with Crippen molar-refractivity contribution in [3.05, 3.63) is 58.9 Å². The lowest BCUT2D eigenvalue weighted by Crippen LogP contribution is -2.40. The average Bonchev–Trinajstić information content (AvgIpc) is 3.12. The number of carbonyl (C=O) groups is 2. The van der Waals surface area contributed by atoms with E-state index in [2.05, 4.69) is 10.3 Å². The minimum absolute atomic E-state index is 0.216. The smallest absolute Gasteiger partial charge is 0.263 e. The highest BCUT2D eigenvalue weighted by molar-refractivity contribution is 6.26. The van der Waals surface area contributed by atoms with Crippen LogP contribution in [0.2, 0.25) is 0 Å². The van der Waals surface area contributed by atoms with E-state index in [1.54, 1.807) is 19.1 Å². The van der Waals surface area contributed by atoms with E-state index in [0.717, 1.165) is 21.7 Å². The predicted molar refractivity (Wildman–Crippen MR) is 94.5 cm³/mol. The van der Waals surface area contributed by atoms with Crippen LogP contribution in [0.5, 0.6) is 0 Å². The molecule has 0 unspecified atom stereocenters. The topological polar surface area (TPSA) is 65.3 Å². The van der Waals surface area contributed by atoms with Crippen LogP contribution >= 0.6 is 0 Å². The number of rotatable bonds is 2. The molecule has 0 bridgehead atoms. The van der Waals surface area contributed by atoms with Gasteiger partial charge in [0, 0.05) is 0 Å². The lowest BCUT2D eigenvalue weighted by atomic mass is 10.1.